The Morgan fingerprint density at radius 3 is 2.37 bits per heavy atom. The molecule has 19 heavy (non-hydrogen) atoms. The van der Waals surface area contributed by atoms with Crippen molar-refractivity contribution in [1.82, 2.24) is 9.97 Å². The molecular formula is C16H20N2O. The molecule has 0 saturated heterocycles. The highest BCUT2D eigenvalue weighted by Crippen LogP contribution is 2.21. The SMILES string of the molecule is CCc1ccc(-c2nc(C(C)C)[nH]c(=O)c2C)cc1. The second kappa shape index (κ2) is 5.39. The first kappa shape index (κ1) is 13.5. The molecular weight excluding hydrogens is 236 g/mol. The minimum atomic E-state index is -0.0479. The van der Waals surface area contributed by atoms with Crippen LogP contribution in [-0.2, 0) is 6.42 Å². The Labute approximate surface area is 113 Å². The van der Waals surface area contributed by atoms with Gasteiger partial charge < -0.3 is 4.98 Å². The molecule has 0 saturated carbocycles. The lowest BCUT2D eigenvalue weighted by Crippen LogP contribution is -2.16. The maximum absolute atomic E-state index is 12.0. The summed E-state index contributed by atoms with van der Waals surface area (Å²) >= 11 is 0. The van der Waals surface area contributed by atoms with Gasteiger partial charge >= 0.3 is 0 Å². The zero-order valence-corrected chi connectivity index (χ0v) is 11.9. The lowest BCUT2D eigenvalue weighted by molar-refractivity contribution is 0.765. The van der Waals surface area contributed by atoms with Crippen molar-refractivity contribution in [3.63, 3.8) is 0 Å². The summed E-state index contributed by atoms with van der Waals surface area (Å²) < 4.78 is 0. The highest BCUT2D eigenvalue weighted by molar-refractivity contribution is 5.62. The molecule has 0 aliphatic heterocycles. The number of rotatable bonds is 3. The molecule has 0 fully saturated rings. The number of nitrogens with zero attached hydrogens (tertiary/aromatic N) is 1. The van der Waals surface area contributed by atoms with Crippen molar-refractivity contribution >= 4 is 0 Å². The van der Waals surface area contributed by atoms with E-state index in [9.17, 15) is 4.79 Å². The Kier molecular flexibility index (Phi) is 3.84. The van der Waals surface area contributed by atoms with E-state index < -0.39 is 0 Å². The summed E-state index contributed by atoms with van der Waals surface area (Å²) in [4.78, 5) is 19.4. The van der Waals surface area contributed by atoms with Crippen LogP contribution < -0.4 is 5.56 Å². The molecule has 1 N–H and O–H groups in total. The molecule has 1 aromatic heterocycles. The van der Waals surface area contributed by atoms with Crippen molar-refractivity contribution in [2.75, 3.05) is 0 Å². The topological polar surface area (TPSA) is 45.8 Å². The highest BCUT2D eigenvalue weighted by Gasteiger charge is 2.11. The van der Waals surface area contributed by atoms with Crippen LogP contribution in [0.3, 0.4) is 0 Å². The number of hydrogen-bond donors (Lipinski definition) is 1. The van der Waals surface area contributed by atoms with Crippen LogP contribution in [0.2, 0.25) is 0 Å². The van der Waals surface area contributed by atoms with Crippen LogP contribution in [0.25, 0.3) is 11.3 Å². The summed E-state index contributed by atoms with van der Waals surface area (Å²) in [6.07, 6.45) is 1.01. The first-order valence-corrected chi connectivity index (χ1v) is 6.73. The van der Waals surface area contributed by atoms with Crippen LogP contribution in [0.1, 0.15) is 43.6 Å². The van der Waals surface area contributed by atoms with Crippen molar-refractivity contribution < 1.29 is 0 Å². The molecule has 0 atom stereocenters. The Bertz CT molecular complexity index is 624. The van der Waals surface area contributed by atoms with Crippen LogP contribution >= 0.6 is 0 Å². The molecule has 0 unspecified atom stereocenters. The molecule has 1 heterocycles. The van der Waals surface area contributed by atoms with Gasteiger partial charge in [-0.25, -0.2) is 4.98 Å². The molecule has 0 spiro atoms. The largest absolute Gasteiger partial charge is 0.310 e. The molecule has 0 aliphatic carbocycles. The molecule has 2 rings (SSSR count). The summed E-state index contributed by atoms with van der Waals surface area (Å²) in [5.74, 6) is 0.951. The summed E-state index contributed by atoms with van der Waals surface area (Å²) in [5, 5.41) is 0. The number of nitrogens with one attached hydrogen (secondary N) is 1. The van der Waals surface area contributed by atoms with Gasteiger partial charge in [-0.2, -0.15) is 0 Å². The molecule has 3 heteroatoms. The third kappa shape index (κ3) is 2.75. The van der Waals surface area contributed by atoms with E-state index in [4.69, 9.17) is 0 Å². The zero-order chi connectivity index (χ0) is 14.0. The number of H-pyrrole nitrogens is 1. The van der Waals surface area contributed by atoms with Gasteiger partial charge in [0.25, 0.3) is 5.56 Å². The number of hydrogen-bond acceptors (Lipinski definition) is 2. The normalized spacial score (nSPS) is 11.0. The molecule has 0 radical (unpaired) electrons. The molecule has 100 valence electrons. The number of aryl methyl sites for hydroxylation is 1. The van der Waals surface area contributed by atoms with E-state index in [1.54, 1.807) is 0 Å². The zero-order valence-electron chi connectivity index (χ0n) is 11.9. The lowest BCUT2D eigenvalue weighted by atomic mass is 10.0. The van der Waals surface area contributed by atoms with Gasteiger partial charge in [0.1, 0.15) is 5.82 Å². The smallest absolute Gasteiger partial charge is 0.254 e. The van der Waals surface area contributed by atoms with E-state index in [-0.39, 0.29) is 11.5 Å². The van der Waals surface area contributed by atoms with Gasteiger partial charge in [0.05, 0.1) is 5.69 Å². The third-order valence-corrected chi connectivity index (χ3v) is 3.35. The number of aromatic amines is 1. The molecule has 0 bridgehead atoms. The van der Waals surface area contributed by atoms with Gasteiger partial charge in [0.2, 0.25) is 0 Å². The minimum Gasteiger partial charge on any atom is -0.310 e. The van der Waals surface area contributed by atoms with Crippen molar-refractivity contribution in [2.45, 2.75) is 40.0 Å². The second-order valence-electron chi connectivity index (χ2n) is 5.13. The number of aromatic nitrogens is 2. The van der Waals surface area contributed by atoms with Gasteiger partial charge in [-0.3, -0.25) is 4.79 Å². The van der Waals surface area contributed by atoms with Gasteiger partial charge in [-0.15, -0.1) is 0 Å². The summed E-state index contributed by atoms with van der Waals surface area (Å²) in [6, 6.07) is 8.26. The molecule has 2 aromatic rings. The third-order valence-electron chi connectivity index (χ3n) is 3.35. The van der Waals surface area contributed by atoms with Crippen LogP contribution in [0, 0.1) is 6.92 Å². The Hall–Kier alpha value is -1.90. The average molecular weight is 256 g/mol. The van der Waals surface area contributed by atoms with Crippen molar-refractivity contribution in [1.29, 1.82) is 0 Å². The van der Waals surface area contributed by atoms with E-state index in [2.05, 4.69) is 29.0 Å². The van der Waals surface area contributed by atoms with E-state index in [0.29, 0.717) is 5.56 Å². The molecule has 1 aromatic carbocycles. The molecule has 0 aliphatic rings. The quantitative estimate of drug-likeness (QED) is 0.914. The number of benzene rings is 1. The summed E-state index contributed by atoms with van der Waals surface area (Å²) in [5.41, 5.74) is 3.70. The van der Waals surface area contributed by atoms with Gasteiger partial charge in [-0.1, -0.05) is 45.0 Å². The Morgan fingerprint density at radius 2 is 1.84 bits per heavy atom. The van der Waals surface area contributed by atoms with Crippen LogP contribution in [0.4, 0.5) is 0 Å². The highest BCUT2D eigenvalue weighted by atomic mass is 16.1. The van der Waals surface area contributed by atoms with Gasteiger partial charge in [-0.05, 0) is 18.9 Å². The predicted octanol–water partition coefficient (Wildman–Crippen LogP) is 3.43. The fourth-order valence-electron chi connectivity index (χ4n) is 2.00. The fraction of sp³-hybridized carbons (Fsp3) is 0.375. The lowest BCUT2D eigenvalue weighted by Gasteiger charge is -2.10. The van der Waals surface area contributed by atoms with Crippen molar-refractivity contribution in [2.24, 2.45) is 0 Å². The second-order valence-corrected chi connectivity index (χ2v) is 5.13. The fourth-order valence-corrected chi connectivity index (χ4v) is 2.00. The standard InChI is InChI=1S/C16H20N2O/c1-5-12-6-8-13(9-7-12)14-11(4)16(19)18-15(17-14)10(2)3/h6-10H,5H2,1-4H3,(H,17,18,19). The van der Waals surface area contributed by atoms with Gasteiger partial charge in [0.15, 0.2) is 0 Å². The maximum atomic E-state index is 12.0. The first-order chi connectivity index (χ1) is 9.02. The monoisotopic (exact) mass is 256 g/mol. The molecule has 0 amide bonds. The van der Waals surface area contributed by atoms with Crippen molar-refractivity contribution in [3.05, 3.63) is 51.6 Å². The van der Waals surface area contributed by atoms with Crippen LogP contribution in [0.5, 0.6) is 0 Å². The van der Waals surface area contributed by atoms with Crippen LogP contribution in [-0.4, -0.2) is 9.97 Å². The van der Waals surface area contributed by atoms with Crippen LogP contribution in [0.15, 0.2) is 29.1 Å². The first-order valence-electron chi connectivity index (χ1n) is 6.73. The summed E-state index contributed by atoms with van der Waals surface area (Å²) in [7, 11) is 0. The van der Waals surface area contributed by atoms with E-state index in [1.165, 1.54) is 5.56 Å². The Balaban J connectivity index is 2.56. The molecule has 3 nitrogen and oxygen atoms in total. The predicted molar refractivity (Wildman–Crippen MR) is 78.5 cm³/mol. The Morgan fingerprint density at radius 1 is 1.21 bits per heavy atom. The van der Waals surface area contributed by atoms with E-state index in [1.807, 2.05) is 32.9 Å². The van der Waals surface area contributed by atoms with E-state index in [0.717, 1.165) is 23.5 Å². The van der Waals surface area contributed by atoms with Gasteiger partial charge in [0, 0.05) is 17.0 Å². The average Bonchev–Trinajstić information content (AvgIpc) is 2.41. The van der Waals surface area contributed by atoms with Crippen molar-refractivity contribution in [3.8, 4) is 11.3 Å². The maximum Gasteiger partial charge on any atom is 0.254 e. The van der Waals surface area contributed by atoms with E-state index >= 15 is 0 Å². The minimum absolute atomic E-state index is 0.0479. The summed E-state index contributed by atoms with van der Waals surface area (Å²) in [6.45, 7) is 8.00.